The van der Waals surface area contributed by atoms with E-state index in [1.807, 2.05) is 0 Å². The summed E-state index contributed by atoms with van der Waals surface area (Å²) in [4.78, 5) is -0.300. The van der Waals surface area contributed by atoms with Crippen molar-refractivity contribution in [2.45, 2.75) is 30.3 Å². The molecule has 1 unspecified atom stereocenters. The number of benzene rings is 3. The maximum atomic E-state index is 14.1. The molecule has 4 nitrogen and oxygen atoms in total. The lowest BCUT2D eigenvalue weighted by Gasteiger charge is -2.33. The summed E-state index contributed by atoms with van der Waals surface area (Å²) >= 11 is 6.06. The number of aliphatic hydroxyl groups excluding tert-OH is 1. The molecule has 0 bridgehead atoms. The lowest BCUT2D eigenvalue weighted by atomic mass is 9.99. The number of aliphatic hydroxyl groups is 1. The molecule has 1 atom stereocenters. The van der Waals surface area contributed by atoms with Crippen molar-refractivity contribution in [1.82, 2.24) is 0 Å². The zero-order valence-electron chi connectivity index (χ0n) is 18.1. The topological polar surface area (TPSA) is 57.6 Å². The van der Waals surface area contributed by atoms with E-state index in [0.29, 0.717) is 23.7 Å². The summed E-state index contributed by atoms with van der Waals surface area (Å²) in [5.74, 6) is -3.71. The number of sulfonamides is 1. The first-order valence-electron chi connectivity index (χ1n) is 10.4. The predicted molar refractivity (Wildman–Crippen MR) is 127 cm³/mol. The van der Waals surface area contributed by atoms with Gasteiger partial charge in [-0.2, -0.15) is 0 Å². The minimum absolute atomic E-state index is 0.194. The number of alkyl halides is 2. The molecule has 0 amide bonds. The Labute approximate surface area is 201 Å². The molecule has 0 radical (unpaired) electrons. The monoisotopic (exact) mass is 507 g/mol. The van der Waals surface area contributed by atoms with Gasteiger partial charge in [0.25, 0.3) is 15.9 Å². The lowest BCUT2D eigenvalue weighted by molar-refractivity contribution is 0.0172. The number of rotatable bonds is 5. The van der Waals surface area contributed by atoms with Crippen molar-refractivity contribution in [1.29, 1.82) is 0 Å². The van der Waals surface area contributed by atoms with Gasteiger partial charge in [-0.25, -0.2) is 21.6 Å². The molecule has 0 fully saturated rings. The van der Waals surface area contributed by atoms with Gasteiger partial charge in [0, 0.05) is 24.5 Å². The summed E-state index contributed by atoms with van der Waals surface area (Å²) in [6, 6.07) is 13.9. The molecule has 0 saturated heterocycles. The summed E-state index contributed by atoms with van der Waals surface area (Å²) < 4.78 is 69.6. The summed E-state index contributed by atoms with van der Waals surface area (Å²) in [7, 11) is -4.25. The fourth-order valence-electron chi connectivity index (χ4n) is 3.83. The molecule has 1 aliphatic rings. The van der Waals surface area contributed by atoms with Crippen LogP contribution >= 0.6 is 11.6 Å². The van der Waals surface area contributed by atoms with E-state index in [-0.39, 0.29) is 28.4 Å². The van der Waals surface area contributed by atoms with Gasteiger partial charge in [-0.1, -0.05) is 48.0 Å². The summed E-state index contributed by atoms with van der Waals surface area (Å²) in [6.07, 6.45) is 2.36. The summed E-state index contributed by atoms with van der Waals surface area (Å²) in [5, 5.41) is 10.5. The standard InChI is InChI=1S/C25H21ClF3NO3S/c1-25(28,29)18-4-2-5-20(14-18)34(32,33)30-15-19(31)13-17-10-8-16(12-24(17)30)9-11-21-22(26)6-3-7-23(21)27/h2-12,14,19,31H,13,15H2,1H3. The van der Waals surface area contributed by atoms with Gasteiger partial charge in [-0.05, 0) is 47.5 Å². The third-order valence-corrected chi connectivity index (χ3v) is 7.69. The Morgan fingerprint density at radius 3 is 2.53 bits per heavy atom. The molecule has 0 aromatic heterocycles. The van der Waals surface area contributed by atoms with Crippen molar-refractivity contribution in [3.05, 3.63) is 93.8 Å². The second kappa shape index (κ2) is 9.09. The van der Waals surface area contributed by atoms with Crippen LogP contribution < -0.4 is 4.31 Å². The number of anilines is 1. The van der Waals surface area contributed by atoms with E-state index in [1.54, 1.807) is 30.3 Å². The van der Waals surface area contributed by atoms with E-state index < -0.39 is 33.4 Å². The van der Waals surface area contributed by atoms with Crippen LogP contribution in [0.2, 0.25) is 5.02 Å². The van der Waals surface area contributed by atoms with Gasteiger partial charge in [0.1, 0.15) is 5.82 Å². The Balaban J connectivity index is 1.75. The Hall–Kier alpha value is -2.81. The Morgan fingerprint density at radius 2 is 1.82 bits per heavy atom. The van der Waals surface area contributed by atoms with Crippen LogP contribution in [0, 0.1) is 5.82 Å². The van der Waals surface area contributed by atoms with Crippen LogP contribution in [0.4, 0.5) is 18.9 Å². The van der Waals surface area contributed by atoms with Crippen LogP contribution in [0.1, 0.15) is 29.2 Å². The van der Waals surface area contributed by atoms with E-state index in [0.717, 1.165) is 16.4 Å². The molecule has 3 aromatic carbocycles. The van der Waals surface area contributed by atoms with E-state index in [1.165, 1.54) is 30.3 Å². The van der Waals surface area contributed by atoms with Crippen molar-refractivity contribution in [3.8, 4) is 0 Å². The highest BCUT2D eigenvalue weighted by Gasteiger charge is 2.34. The highest BCUT2D eigenvalue weighted by Crippen LogP contribution is 2.35. The molecule has 1 heterocycles. The van der Waals surface area contributed by atoms with Gasteiger partial charge < -0.3 is 5.11 Å². The maximum Gasteiger partial charge on any atom is 0.270 e. The quantitative estimate of drug-likeness (QED) is 0.439. The van der Waals surface area contributed by atoms with E-state index in [9.17, 15) is 26.7 Å². The average molecular weight is 508 g/mol. The van der Waals surface area contributed by atoms with Crippen LogP contribution in [0.25, 0.3) is 12.2 Å². The van der Waals surface area contributed by atoms with Gasteiger partial charge in [-0.3, -0.25) is 4.31 Å². The fraction of sp³-hybridized carbons (Fsp3) is 0.200. The highest BCUT2D eigenvalue weighted by molar-refractivity contribution is 7.92. The highest BCUT2D eigenvalue weighted by atomic mass is 35.5. The van der Waals surface area contributed by atoms with Crippen molar-refractivity contribution in [2.75, 3.05) is 10.8 Å². The van der Waals surface area contributed by atoms with Gasteiger partial charge >= 0.3 is 0 Å². The molecule has 3 aromatic rings. The van der Waals surface area contributed by atoms with Gasteiger partial charge in [0.15, 0.2) is 0 Å². The second-order valence-corrected chi connectivity index (χ2v) is 10.4. The lowest BCUT2D eigenvalue weighted by Crippen LogP contribution is -2.42. The molecule has 34 heavy (non-hydrogen) atoms. The zero-order valence-corrected chi connectivity index (χ0v) is 19.6. The second-order valence-electron chi connectivity index (χ2n) is 8.17. The number of nitrogens with zero attached hydrogens (tertiary/aromatic N) is 1. The molecule has 0 aliphatic carbocycles. The van der Waals surface area contributed by atoms with Crippen molar-refractivity contribution in [3.63, 3.8) is 0 Å². The number of fused-ring (bicyclic) bond motifs is 1. The van der Waals surface area contributed by atoms with Crippen molar-refractivity contribution < 1.29 is 26.7 Å². The van der Waals surface area contributed by atoms with Crippen LogP contribution in [-0.4, -0.2) is 26.2 Å². The average Bonchev–Trinajstić information content (AvgIpc) is 2.78. The summed E-state index contributed by atoms with van der Waals surface area (Å²) in [6.45, 7) is 0.466. The van der Waals surface area contributed by atoms with Gasteiger partial charge in [0.05, 0.1) is 28.3 Å². The molecular weight excluding hydrogens is 487 g/mol. The van der Waals surface area contributed by atoms with E-state index in [4.69, 9.17) is 11.6 Å². The maximum absolute atomic E-state index is 14.1. The van der Waals surface area contributed by atoms with Crippen molar-refractivity contribution in [2.24, 2.45) is 0 Å². The Bertz CT molecular complexity index is 1350. The molecule has 178 valence electrons. The first-order chi connectivity index (χ1) is 16.0. The molecule has 1 N–H and O–H groups in total. The van der Waals surface area contributed by atoms with Gasteiger partial charge in [-0.15, -0.1) is 0 Å². The minimum Gasteiger partial charge on any atom is -0.391 e. The van der Waals surface area contributed by atoms with Crippen molar-refractivity contribution >= 4 is 39.5 Å². The van der Waals surface area contributed by atoms with Gasteiger partial charge in [0.2, 0.25) is 0 Å². The molecule has 4 rings (SSSR count). The van der Waals surface area contributed by atoms with Crippen LogP contribution in [0.15, 0.2) is 65.6 Å². The largest absolute Gasteiger partial charge is 0.391 e. The first kappa shape index (κ1) is 24.3. The fourth-order valence-corrected chi connectivity index (χ4v) is 5.64. The normalized spacial score (nSPS) is 16.6. The molecular formula is C25H21ClF3NO3S. The smallest absolute Gasteiger partial charge is 0.270 e. The third-order valence-electron chi connectivity index (χ3n) is 5.58. The number of β-amino-alcohol motifs (C(OH)–C–C–N with tert-alkyl or cyclic N) is 1. The van der Waals surface area contributed by atoms with E-state index >= 15 is 0 Å². The third kappa shape index (κ3) is 4.85. The minimum atomic E-state index is -4.25. The number of hydrogen-bond acceptors (Lipinski definition) is 3. The molecule has 0 spiro atoms. The number of halogens is 4. The molecule has 9 heteroatoms. The zero-order chi connectivity index (χ0) is 24.7. The SMILES string of the molecule is CC(F)(F)c1cccc(S(=O)(=O)N2CC(O)Cc3ccc(C=Cc4c(F)cccc4Cl)cc32)c1. The first-order valence-corrected chi connectivity index (χ1v) is 12.2. The predicted octanol–water partition coefficient (Wildman–Crippen LogP) is 5.87. The Morgan fingerprint density at radius 1 is 1.09 bits per heavy atom. The Kier molecular flexibility index (Phi) is 6.50. The van der Waals surface area contributed by atoms with Crippen LogP contribution in [-0.2, 0) is 22.4 Å². The molecule has 0 saturated carbocycles. The van der Waals surface area contributed by atoms with Crippen LogP contribution in [0.3, 0.4) is 0 Å². The van der Waals surface area contributed by atoms with E-state index in [2.05, 4.69) is 0 Å². The summed E-state index contributed by atoms with van der Waals surface area (Å²) in [5.41, 5.74) is 1.24. The number of hydrogen-bond donors (Lipinski definition) is 1. The van der Waals surface area contributed by atoms with Crippen LogP contribution in [0.5, 0.6) is 0 Å². The molecule has 1 aliphatic heterocycles.